The van der Waals surface area contributed by atoms with Crippen molar-refractivity contribution in [3.63, 3.8) is 0 Å². The van der Waals surface area contributed by atoms with Gasteiger partial charge < -0.3 is 9.32 Å². The molecule has 0 saturated carbocycles. The van der Waals surface area contributed by atoms with Gasteiger partial charge in [-0.3, -0.25) is 0 Å². The molecule has 1 aromatic heterocycles. The Morgan fingerprint density at radius 3 is 2.58 bits per heavy atom. The summed E-state index contributed by atoms with van der Waals surface area (Å²) in [7, 11) is 0. The van der Waals surface area contributed by atoms with Gasteiger partial charge >= 0.3 is 0 Å². The van der Waals surface area contributed by atoms with Gasteiger partial charge in [0, 0.05) is 18.7 Å². The summed E-state index contributed by atoms with van der Waals surface area (Å²) in [6.07, 6.45) is 2.41. The summed E-state index contributed by atoms with van der Waals surface area (Å²) in [6.45, 7) is 2.06. The quantitative estimate of drug-likeness (QED) is 0.765. The minimum atomic E-state index is 0.690. The lowest BCUT2D eigenvalue weighted by atomic mass is 10.2. The van der Waals surface area contributed by atoms with Crippen LogP contribution in [0.1, 0.15) is 18.6 Å². The number of halogens is 1. The van der Waals surface area contributed by atoms with E-state index in [2.05, 4.69) is 4.90 Å². The zero-order valence-corrected chi connectivity index (χ0v) is 12.0. The molecule has 0 N–H and O–H groups in total. The first kappa shape index (κ1) is 12.7. The number of thiocarbonyl (C=S) groups is 1. The van der Waals surface area contributed by atoms with E-state index in [0.717, 1.165) is 35.2 Å². The molecule has 0 aliphatic carbocycles. The van der Waals surface area contributed by atoms with Crippen molar-refractivity contribution < 1.29 is 4.42 Å². The number of hydrogen-bond acceptors (Lipinski definition) is 2. The van der Waals surface area contributed by atoms with Gasteiger partial charge in [-0.05, 0) is 37.1 Å². The summed E-state index contributed by atoms with van der Waals surface area (Å²) >= 11 is 11.6. The molecule has 1 aliphatic heterocycles. The van der Waals surface area contributed by atoms with Crippen molar-refractivity contribution in [3.05, 3.63) is 47.2 Å². The molecule has 0 spiro atoms. The average Bonchev–Trinajstić information content (AvgIpc) is 3.10. The van der Waals surface area contributed by atoms with Crippen molar-refractivity contribution in [1.29, 1.82) is 0 Å². The molecule has 2 heterocycles. The predicted molar refractivity (Wildman–Crippen MR) is 81.7 cm³/mol. The molecule has 19 heavy (non-hydrogen) atoms. The molecule has 98 valence electrons. The Bertz CT molecular complexity index is 602. The fourth-order valence-corrected chi connectivity index (χ4v) is 2.86. The number of furan rings is 1. The summed E-state index contributed by atoms with van der Waals surface area (Å²) in [5.74, 6) is 1.52. The highest BCUT2D eigenvalue weighted by Crippen LogP contribution is 2.29. The van der Waals surface area contributed by atoms with E-state index in [4.69, 9.17) is 28.2 Å². The zero-order valence-electron chi connectivity index (χ0n) is 10.4. The average molecular weight is 292 g/mol. The maximum Gasteiger partial charge on any atom is 0.162 e. The maximum absolute atomic E-state index is 6.17. The van der Waals surface area contributed by atoms with Crippen molar-refractivity contribution in [1.82, 2.24) is 4.90 Å². The fraction of sp³-hybridized carbons (Fsp3) is 0.267. The molecule has 1 saturated heterocycles. The smallest absolute Gasteiger partial charge is 0.162 e. The molecule has 2 aromatic rings. The van der Waals surface area contributed by atoms with Crippen LogP contribution in [0.25, 0.3) is 11.3 Å². The Morgan fingerprint density at radius 2 is 1.84 bits per heavy atom. The van der Waals surface area contributed by atoms with Gasteiger partial charge in [-0.25, -0.2) is 0 Å². The second-order valence-electron chi connectivity index (χ2n) is 4.64. The summed E-state index contributed by atoms with van der Waals surface area (Å²) in [5, 5.41) is 0.690. The van der Waals surface area contributed by atoms with E-state index in [0.29, 0.717) is 5.02 Å². The van der Waals surface area contributed by atoms with Crippen LogP contribution in [-0.4, -0.2) is 23.0 Å². The number of nitrogens with zero attached hydrogens (tertiary/aromatic N) is 1. The Morgan fingerprint density at radius 1 is 1.11 bits per heavy atom. The first-order valence-corrected chi connectivity index (χ1v) is 7.18. The number of hydrogen-bond donors (Lipinski definition) is 0. The van der Waals surface area contributed by atoms with Crippen molar-refractivity contribution >= 4 is 28.8 Å². The lowest BCUT2D eigenvalue weighted by Gasteiger charge is -2.16. The third kappa shape index (κ3) is 2.53. The van der Waals surface area contributed by atoms with Crippen LogP contribution < -0.4 is 0 Å². The SMILES string of the molecule is S=C(c1ccc(-c2ccccc2Cl)o1)N1CCCC1. The van der Waals surface area contributed by atoms with Gasteiger partial charge in [0.15, 0.2) is 5.76 Å². The fourth-order valence-electron chi connectivity index (χ4n) is 2.33. The highest BCUT2D eigenvalue weighted by atomic mass is 35.5. The molecule has 4 heteroatoms. The molecule has 2 nitrogen and oxygen atoms in total. The van der Waals surface area contributed by atoms with Crippen molar-refractivity contribution in [3.8, 4) is 11.3 Å². The molecule has 3 rings (SSSR count). The third-order valence-corrected chi connectivity index (χ3v) is 4.14. The second-order valence-corrected chi connectivity index (χ2v) is 5.44. The highest BCUT2D eigenvalue weighted by Gasteiger charge is 2.19. The Hall–Kier alpha value is -1.32. The molecule has 0 bridgehead atoms. The van der Waals surface area contributed by atoms with E-state index in [1.165, 1.54) is 12.8 Å². The second kappa shape index (κ2) is 5.35. The normalized spacial score (nSPS) is 14.9. The molecular formula is C15H14ClNOS. The van der Waals surface area contributed by atoms with E-state index in [1.807, 2.05) is 36.4 Å². The molecular weight excluding hydrogens is 278 g/mol. The molecule has 1 aliphatic rings. The first-order chi connectivity index (χ1) is 9.25. The van der Waals surface area contributed by atoms with Crippen molar-refractivity contribution in [2.45, 2.75) is 12.8 Å². The topological polar surface area (TPSA) is 16.4 Å². The van der Waals surface area contributed by atoms with Gasteiger partial charge in [-0.15, -0.1) is 0 Å². The lowest BCUT2D eigenvalue weighted by molar-refractivity contribution is 0.500. The Balaban J connectivity index is 1.87. The number of likely N-dealkylation sites (tertiary alicyclic amines) is 1. The van der Waals surface area contributed by atoms with Crippen LogP contribution in [0.5, 0.6) is 0 Å². The number of benzene rings is 1. The van der Waals surface area contributed by atoms with Gasteiger partial charge in [-0.2, -0.15) is 0 Å². The van der Waals surface area contributed by atoms with E-state index < -0.39 is 0 Å². The van der Waals surface area contributed by atoms with Crippen molar-refractivity contribution in [2.75, 3.05) is 13.1 Å². The van der Waals surface area contributed by atoms with E-state index >= 15 is 0 Å². The summed E-state index contributed by atoms with van der Waals surface area (Å²) in [5.41, 5.74) is 0.902. The van der Waals surface area contributed by atoms with Crippen LogP contribution in [0.3, 0.4) is 0 Å². The molecule has 1 fully saturated rings. The standard InChI is InChI=1S/C15H14ClNOS/c16-12-6-2-1-5-11(12)13-7-8-14(18-13)15(19)17-9-3-4-10-17/h1-2,5-8H,3-4,9-10H2. The highest BCUT2D eigenvalue weighted by molar-refractivity contribution is 7.80. The van der Waals surface area contributed by atoms with Crippen LogP contribution in [-0.2, 0) is 0 Å². The molecule has 1 aromatic carbocycles. The lowest BCUT2D eigenvalue weighted by Crippen LogP contribution is -2.26. The van der Waals surface area contributed by atoms with Gasteiger partial charge in [0.1, 0.15) is 10.7 Å². The summed E-state index contributed by atoms with van der Waals surface area (Å²) < 4.78 is 5.86. The molecule has 0 radical (unpaired) electrons. The molecule has 0 atom stereocenters. The van der Waals surface area contributed by atoms with Crippen LogP contribution in [0.2, 0.25) is 5.02 Å². The van der Waals surface area contributed by atoms with Gasteiger partial charge in [-0.1, -0.05) is 36.0 Å². The number of rotatable bonds is 2. The monoisotopic (exact) mass is 291 g/mol. The Kier molecular flexibility index (Phi) is 3.58. The van der Waals surface area contributed by atoms with E-state index in [1.54, 1.807) is 0 Å². The largest absolute Gasteiger partial charge is 0.454 e. The van der Waals surface area contributed by atoms with Crippen LogP contribution in [0, 0.1) is 0 Å². The summed E-state index contributed by atoms with van der Waals surface area (Å²) in [6, 6.07) is 11.5. The predicted octanol–water partition coefficient (Wildman–Crippen LogP) is 4.37. The van der Waals surface area contributed by atoms with Gasteiger partial charge in [0.2, 0.25) is 0 Å². The zero-order chi connectivity index (χ0) is 13.2. The summed E-state index contributed by atoms with van der Waals surface area (Å²) in [4.78, 5) is 3.00. The van der Waals surface area contributed by atoms with Gasteiger partial charge in [0.05, 0.1) is 5.02 Å². The van der Waals surface area contributed by atoms with Crippen molar-refractivity contribution in [2.24, 2.45) is 0 Å². The minimum Gasteiger partial charge on any atom is -0.454 e. The third-order valence-electron chi connectivity index (χ3n) is 3.35. The van der Waals surface area contributed by atoms with Crippen LogP contribution in [0.15, 0.2) is 40.8 Å². The van der Waals surface area contributed by atoms with Gasteiger partial charge in [0.25, 0.3) is 0 Å². The van der Waals surface area contributed by atoms with Crippen LogP contribution >= 0.6 is 23.8 Å². The van der Waals surface area contributed by atoms with E-state index in [9.17, 15) is 0 Å². The maximum atomic E-state index is 6.17. The molecule has 0 unspecified atom stereocenters. The first-order valence-electron chi connectivity index (χ1n) is 6.40. The van der Waals surface area contributed by atoms with E-state index in [-0.39, 0.29) is 0 Å². The van der Waals surface area contributed by atoms with Crippen LogP contribution in [0.4, 0.5) is 0 Å². The minimum absolute atomic E-state index is 0.690. The Labute approximate surface area is 123 Å². The molecule has 0 amide bonds.